The van der Waals surface area contributed by atoms with Crippen LogP contribution in [0.5, 0.6) is 11.5 Å². The number of thiophene rings is 1. The Kier molecular flexibility index (Phi) is 2.53. The fraction of sp³-hybridized carbons (Fsp3) is 0.231. The third kappa shape index (κ3) is 1.90. The molecule has 17 heavy (non-hydrogen) atoms. The number of hydrogen-bond donors (Lipinski definition) is 1. The molecule has 0 fully saturated rings. The maximum absolute atomic E-state index is 10.3. The number of aryl methyl sites for hydroxylation is 1. The summed E-state index contributed by atoms with van der Waals surface area (Å²) in [6.45, 7) is 2.29. The summed E-state index contributed by atoms with van der Waals surface area (Å²) in [6.07, 6.45) is -0.594. The van der Waals surface area contributed by atoms with Gasteiger partial charge in [-0.25, -0.2) is 0 Å². The molecular weight excluding hydrogens is 236 g/mol. The van der Waals surface area contributed by atoms with Crippen molar-refractivity contribution in [3.05, 3.63) is 45.6 Å². The maximum Gasteiger partial charge on any atom is 0.231 e. The first kappa shape index (κ1) is 10.6. The average Bonchev–Trinajstić information content (AvgIpc) is 2.95. The summed E-state index contributed by atoms with van der Waals surface area (Å²) in [5.41, 5.74) is 0.830. The number of fused-ring (bicyclic) bond motifs is 1. The number of hydrogen-bond acceptors (Lipinski definition) is 4. The molecule has 0 saturated carbocycles. The SMILES string of the molecule is Cc1ccc(C(O)c2ccc3c(c2)OCO3)s1. The summed E-state index contributed by atoms with van der Waals surface area (Å²) < 4.78 is 10.5. The molecule has 1 unspecified atom stereocenters. The van der Waals surface area contributed by atoms with Gasteiger partial charge < -0.3 is 14.6 Å². The third-order valence-electron chi connectivity index (χ3n) is 2.74. The summed E-state index contributed by atoms with van der Waals surface area (Å²) >= 11 is 1.60. The minimum absolute atomic E-state index is 0.257. The van der Waals surface area contributed by atoms with Crippen LogP contribution in [0.2, 0.25) is 0 Å². The maximum atomic E-state index is 10.3. The Bertz CT molecular complexity index is 547. The fourth-order valence-electron chi connectivity index (χ4n) is 1.85. The van der Waals surface area contributed by atoms with Crippen molar-refractivity contribution in [2.24, 2.45) is 0 Å². The lowest BCUT2D eigenvalue weighted by Crippen LogP contribution is -1.96. The van der Waals surface area contributed by atoms with Crippen LogP contribution in [0.1, 0.15) is 21.4 Å². The van der Waals surface area contributed by atoms with E-state index in [0.29, 0.717) is 5.75 Å². The van der Waals surface area contributed by atoms with Gasteiger partial charge in [-0.3, -0.25) is 0 Å². The molecule has 0 saturated heterocycles. The predicted molar refractivity (Wildman–Crippen MR) is 65.7 cm³/mol. The second-order valence-corrected chi connectivity index (χ2v) is 5.28. The van der Waals surface area contributed by atoms with Crippen molar-refractivity contribution < 1.29 is 14.6 Å². The van der Waals surface area contributed by atoms with E-state index in [0.717, 1.165) is 16.2 Å². The Hall–Kier alpha value is -1.52. The molecule has 1 aromatic heterocycles. The molecule has 1 aliphatic heterocycles. The van der Waals surface area contributed by atoms with Crippen LogP contribution in [0, 0.1) is 6.92 Å². The first-order chi connectivity index (χ1) is 8.24. The van der Waals surface area contributed by atoms with Crippen molar-refractivity contribution in [2.75, 3.05) is 6.79 Å². The zero-order valence-electron chi connectivity index (χ0n) is 9.34. The van der Waals surface area contributed by atoms with E-state index in [4.69, 9.17) is 9.47 Å². The van der Waals surface area contributed by atoms with Crippen LogP contribution < -0.4 is 9.47 Å². The van der Waals surface area contributed by atoms with E-state index in [9.17, 15) is 5.11 Å². The zero-order valence-corrected chi connectivity index (χ0v) is 10.2. The van der Waals surface area contributed by atoms with Crippen molar-refractivity contribution in [3.63, 3.8) is 0 Å². The van der Waals surface area contributed by atoms with Gasteiger partial charge in [0, 0.05) is 9.75 Å². The molecule has 1 N–H and O–H groups in total. The van der Waals surface area contributed by atoms with Crippen LogP contribution in [0.15, 0.2) is 30.3 Å². The van der Waals surface area contributed by atoms with Crippen molar-refractivity contribution in [1.82, 2.24) is 0 Å². The summed E-state index contributed by atoms with van der Waals surface area (Å²) in [5, 5.41) is 10.3. The van der Waals surface area contributed by atoms with Crippen LogP contribution in [-0.2, 0) is 0 Å². The highest BCUT2D eigenvalue weighted by molar-refractivity contribution is 7.12. The molecule has 0 bridgehead atoms. The molecule has 3 rings (SSSR count). The number of ether oxygens (including phenoxy) is 2. The van der Waals surface area contributed by atoms with Gasteiger partial charge in [0.1, 0.15) is 6.10 Å². The first-order valence-corrected chi connectivity index (χ1v) is 6.19. The Morgan fingerprint density at radius 3 is 2.76 bits per heavy atom. The van der Waals surface area contributed by atoms with E-state index < -0.39 is 6.10 Å². The monoisotopic (exact) mass is 248 g/mol. The lowest BCUT2D eigenvalue weighted by Gasteiger charge is -2.09. The third-order valence-corrected chi connectivity index (χ3v) is 3.80. The van der Waals surface area contributed by atoms with Crippen LogP contribution in [0.4, 0.5) is 0 Å². The highest BCUT2D eigenvalue weighted by atomic mass is 32.1. The Morgan fingerprint density at radius 1 is 1.18 bits per heavy atom. The van der Waals surface area contributed by atoms with Crippen molar-refractivity contribution in [2.45, 2.75) is 13.0 Å². The topological polar surface area (TPSA) is 38.7 Å². The van der Waals surface area contributed by atoms with E-state index in [2.05, 4.69) is 0 Å². The molecule has 0 amide bonds. The summed E-state index contributed by atoms with van der Waals surface area (Å²) in [4.78, 5) is 2.14. The van der Waals surface area contributed by atoms with Crippen molar-refractivity contribution in [1.29, 1.82) is 0 Å². The van der Waals surface area contributed by atoms with Crippen LogP contribution in [-0.4, -0.2) is 11.9 Å². The van der Waals surface area contributed by atoms with Crippen molar-refractivity contribution >= 4 is 11.3 Å². The molecule has 2 heterocycles. The summed E-state index contributed by atoms with van der Waals surface area (Å²) in [5.74, 6) is 1.44. The highest BCUT2D eigenvalue weighted by Crippen LogP contribution is 2.36. The van der Waals surface area contributed by atoms with Gasteiger partial charge >= 0.3 is 0 Å². The number of aliphatic hydroxyl groups is 1. The lowest BCUT2D eigenvalue weighted by atomic mass is 10.1. The molecule has 0 radical (unpaired) electrons. The highest BCUT2D eigenvalue weighted by Gasteiger charge is 2.18. The Balaban J connectivity index is 1.94. The summed E-state index contributed by atoms with van der Waals surface area (Å²) in [6, 6.07) is 9.50. The van der Waals surface area contributed by atoms with Gasteiger partial charge in [0.05, 0.1) is 0 Å². The standard InChI is InChI=1S/C13H12O3S/c1-8-2-5-12(17-8)13(14)9-3-4-10-11(6-9)16-7-15-10/h2-6,13-14H,7H2,1H3. The second-order valence-electron chi connectivity index (χ2n) is 3.96. The molecule has 1 aromatic carbocycles. The Labute approximate surface area is 103 Å². The van der Waals surface area contributed by atoms with Crippen LogP contribution >= 0.6 is 11.3 Å². The molecular formula is C13H12O3S. The van der Waals surface area contributed by atoms with Crippen LogP contribution in [0.3, 0.4) is 0 Å². The molecule has 0 aliphatic carbocycles. The van der Waals surface area contributed by atoms with Gasteiger partial charge in [0.25, 0.3) is 0 Å². The van der Waals surface area contributed by atoms with Gasteiger partial charge in [0.2, 0.25) is 6.79 Å². The number of rotatable bonds is 2. The fourth-order valence-corrected chi connectivity index (χ4v) is 2.74. The van der Waals surface area contributed by atoms with Gasteiger partial charge in [0.15, 0.2) is 11.5 Å². The van der Waals surface area contributed by atoms with Gasteiger partial charge in [-0.1, -0.05) is 6.07 Å². The molecule has 88 valence electrons. The summed E-state index contributed by atoms with van der Waals surface area (Å²) in [7, 11) is 0. The van der Waals surface area contributed by atoms with E-state index >= 15 is 0 Å². The lowest BCUT2D eigenvalue weighted by molar-refractivity contribution is 0.173. The number of benzene rings is 1. The van der Waals surface area contributed by atoms with E-state index in [1.807, 2.05) is 37.3 Å². The van der Waals surface area contributed by atoms with Crippen LogP contribution in [0.25, 0.3) is 0 Å². The molecule has 4 heteroatoms. The van der Waals surface area contributed by atoms with Crippen molar-refractivity contribution in [3.8, 4) is 11.5 Å². The Morgan fingerprint density at radius 2 is 2.00 bits per heavy atom. The quantitative estimate of drug-likeness (QED) is 0.888. The molecule has 1 aliphatic rings. The molecule has 1 atom stereocenters. The number of aliphatic hydroxyl groups excluding tert-OH is 1. The molecule has 3 nitrogen and oxygen atoms in total. The van der Waals surface area contributed by atoms with Gasteiger partial charge in [-0.2, -0.15) is 0 Å². The van der Waals surface area contributed by atoms with E-state index in [1.165, 1.54) is 4.88 Å². The zero-order chi connectivity index (χ0) is 11.8. The first-order valence-electron chi connectivity index (χ1n) is 5.38. The smallest absolute Gasteiger partial charge is 0.231 e. The normalized spacial score (nSPS) is 14.9. The minimum atomic E-state index is -0.594. The second kappa shape index (κ2) is 4.05. The molecule has 0 spiro atoms. The minimum Gasteiger partial charge on any atom is -0.454 e. The van der Waals surface area contributed by atoms with Gasteiger partial charge in [-0.15, -0.1) is 11.3 Å². The average molecular weight is 248 g/mol. The predicted octanol–water partition coefficient (Wildman–Crippen LogP) is 2.87. The van der Waals surface area contributed by atoms with E-state index in [-0.39, 0.29) is 6.79 Å². The van der Waals surface area contributed by atoms with Gasteiger partial charge in [-0.05, 0) is 36.8 Å². The molecule has 2 aromatic rings. The largest absolute Gasteiger partial charge is 0.454 e. The van der Waals surface area contributed by atoms with E-state index in [1.54, 1.807) is 11.3 Å².